The van der Waals surface area contributed by atoms with Crippen LogP contribution in [0.15, 0.2) is 45.0 Å². The maximum absolute atomic E-state index is 14.7. The van der Waals surface area contributed by atoms with Crippen molar-refractivity contribution in [2.45, 2.75) is 230 Å². The Bertz CT molecular complexity index is 2520. The minimum Gasteiger partial charge on any atom is -0.460 e. The van der Waals surface area contributed by atoms with Crippen LogP contribution in [0.25, 0.3) is 0 Å². The molecule has 0 aromatic carbocycles. The standard InChI is InChI=1S/C59H90N4O15/c1-33-26-37(5)51(66)53(76-10)52(67)38(6)27-34(2)47(65)32-49(35(3)28-40-20-24-46(64)50(30-40)75-9)77-56(70)45-18-14-15-25-60(45)55(69)54(68)59(73)39(7)19-22-43(78-59)31-48(74-8)36(4)29-42-21-23-44(33)63-58(72)61(57(71)62(42)63)41-16-12-11-13-17-41/h21,23,27,29,33-35,37,39-46,48-50,52-53,64,67,73H,11-20,22,24-26,28,30-32H2,1-10H3/b36-29?,38-27+/t33-,34+,35+,37+,39+,40-,42?,43-,44?,45-,46+,48-,49-,50+,52+,53-,59+/m0/s1. The zero-order valence-electron chi connectivity index (χ0n) is 47.9. The summed E-state index contributed by atoms with van der Waals surface area (Å²) in [5.74, 6) is -9.23. The summed E-state index contributed by atoms with van der Waals surface area (Å²) in [5.41, 5.74) is 0.132. The Labute approximate surface area is 459 Å². The number of aromatic nitrogens is 3. The highest BCUT2D eigenvalue weighted by molar-refractivity contribution is 6.39. The molecule has 4 bridgehead atoms. The first-order valence-electron chi connectivity index (χ1n) is 29.0. The second-order valence-corrected chi connectivity index (χ2v) is 24.1. The molecule has 436 valence electrons. The second kappa shape index (κ2) is 26.5. The van der Waals surface area contributed by atoms with Gasteiger partial charge in [-0.25, -0.2) is 28.3 Å². The van der Waals surface area contributed by atoms with Crippen LogP contribution in [-0.2, 0) is 47.7 Å². The highest BCUT2D eigenvalue weighted by Gasteiger charge is 2.53. The van der Waals surface area contributed by atoms with Crippen molar-refractivity contribution in [3.8, 4) is 0 Å². The van der Waals surface area contributed by atoms with Crippen molar-refractivity contribution in [3.63, 3.8) is 0 Å². The zero-order chi connectivity index (χ0) is 56.9. The number of hydrogen-bond acceptors (Lipinski definition) is 15. The molecule has 1 aromatic heterocycles. The molecule has 1 amide bonds. The molecule has 2 saturated heterocycles. The maximum Gasteiger partial charge on any atom is 0.348 e. The Morgan fingerprint density at radius 2 is 1.45 bits per heavy atom. The number of Topliss-reactive ketones (excluding diaryl/α,β-unsaturated/α-hetero) is 3. The monoisotopic (exact) mass is 1090 g/mol. The van der Waals surface area contributed by atoms with Crippen LogP contribution in [0.2, 0.25) is 0 Å². The van der Waals surface area contributed by atoms with Gasteiger partial charge in [-0.2, -0.15) is 0 Å². The molecule has 19 heteroatoms. The molecular formula is C59H90N4O15. The normalized spacial score (nSPS) is 38.0. The number of aliphatic hydroxyl groups excluding tert-OH is 2. The number of rotatable bonds is 7. The summed E-state index contributed by atoms with van der Waals surface area (Å²) in [6, 6.07) is -2.81. The van der Waals surface area contributed by atoms with Crippen molar-refractivity contribution < 1.29 is 63.0 Å². The zero-order valence-corrected chi connectivity index (χ0v) is 47.9. The predicted octanol–water partition coefficient (Wildman–Crippen LogP) is 6.05. The molecule has 17 atom stereocenters. The molecule has 8 rings (SSSR count). The van der Waals surface area contributed by atoms with Gasteiger partial charge in [-0.1, -0.05) is 78.2 Å². The predicted molar refractivity (Wildman–Crippen MR) is 289 cm³/mol. The molecule has 2 unspecified atom stereocenters. The highest BCUT2D eigenvalue weighted by Crippen LogP contribution is 2.39. The Kier molecular flexibility index (Phi) is 20.8. The van der Waals surface area contributed by atoms with Crippen LogP contribution in [0.5, 0.6) is 0 Å². The van der Waals surface area contributed by atoms with Crippen LogP contribution in [0.4, 0.5) is 0 Å². The van der Waals surface area contributed by atoms with Gasteiger partial charge in [0.05, 0.1) is 36.5 Å². The van der Waals surface area contributed by atoms with Gasteiger partial charge in [0.15, 0.2) is 5.78 Å². The lowest BCUT2D eigenvalue weighted by Gasteiger charge is -2.42. The molecule has 4 fully saturated rings. The van der Waals surface area contributed by atoms with Crippen LogP contribution in [0.1, 0.15) is 176 Å². The van der Waals surface area contributed by atoms with E-state index in [0.717, 1.165) is 19.3 Å². The molecule has 5 aliphatic heterocycles. The van der Waals surface area contributed by atoms with Gasteiger partial charge < -0.3 is 43.9 Å². The van der Waals surface area contributed by atoms with Gasteiger partial charge in [0.1, 0.15) is 30.1 Å². The Morgan fingerprint density at radius 1 is 0.756 bits per heavy atom. The van der Waals surface area contributed by atoms with Gasteiger partial charge >= 0.3 is 17.3 Å². The number of piperidine rings is 1. The average Bonchev–Trinajstić information content (AvgIpc) is 3.85. The molecule has 3 N–H and O–H groups in total. The van der Waals surface area contributed by atoms with Gasteiger partial charge in [0.25, 0.3) is 11.7 Å². The summed E-state index contributed by atoms with van der Waals surface area (Å²) >= 11 is 0. The van der Waals surface area contributed by atoms with Gasteiger partial charge in [-0.3, -0.25) is 19.2 Å². The third-order valence-electron chi connectivity index (χ3n) is 18.5. The van der Waals surface area contributed by atoms with Gasteiger partial charge in [-0.15, -0.1) is 0 Å². The topological polar surface area (TPSA) is 244 Å². The third-order valence-corrected chi connectivity index (χ3v) is 18.5. The van der Waals surface area contributed by atoms with Crippen molar-refractivity contribution in [2.24, 2.45) is 35.5 Å². The Morgan fingerprint density at radius 3 is 2.13 bits per heavy atom. The number of ether oxygens (including phenoxy) is 5. The van der Waals surface area contributed by atoms with E-state index in [1.165, 1.54) is 33.1 Å². The summed E-state index contributed by atoms with van der Waals surface area (Å²) in [6.45, 7) is 12.4. The minimum absolute atomic E-state index is 0.0410. The van der Waals surface area contributed by atoms with Crippen LogP contribution < -0.4 is 11.4 Å². The van der Waals surface area contributed by atoms with E-state index in [4.69, 9.17) is 23.7 Å². The number of aliphatic hydroxyl groups is 3. The first-order valence-corrected chi connectivity index (χ1v) is 29.0. The molecule has 19 nitrogen and oxygen atoms in total. The van der Waals surface area contributed by atoms with Crippen molar-refractivity contribution >= 4 is 29.2 Å². The van der Waals surface area contributed by atoms with E-state index in [0.29, 0.717) is 75.4 Å². The quantitative estimate of drug-likeness (QED) is 0.160. The van der Waals surface area contributed by atoms with Crippen molar-refractivity contribution in [1.82, 2.24) is 18.8 Å². The van der Waals surface area contributed by atoms with Gasteiger partial charge in [0.2, 0.25) is 5.79 Å². The number of carbonyl (C=O) groups is 5. The van der Waals surface area contributed by atoms with E-state index in [1.54, 1.807) is 40.9 Å². The smallest absolute Gasteiger partial charge is 0.348 e. The summed E-state index contributed by atoms with van der Waals surface area (Å²) in [6.07, 6.45) is 9.80. The van der Waals surface area contributed by atoms with Gasteiger partial charge in [-0.05, 0) is 120 Å². The summed E-state index contributed by atoms with van der Waals surface area (Å²) < 4.78 is 34.3. The lowest BCUT2D eigenvalue weighted by molar-refractivity contribution is -0.265. The lowest BCUT2D eigenvalue weighted by Crippen LogP contribution is -2.61. The number of allylic oxidation sites excluding steroid dienone is 4. The second-order valence-electron chi connectivity index (χ2n) is 24.1. The molecule has 78 heavy (non-hydrogen) atoms. The highest BCUT2D eigenvalue weighted by atomic mass is 16.6. The fourth-order valence-corrected chi connectivity index (χ4v) is 13.5. The summed E-state index contributed by atoms with van der Waals surface area (Å²) in [5, 5.41) is 34.6. The Balaban J connectivity index is 1.26. The van der Waals surface area contributed by atoms with Gasteiger partial charge in [0, 0.05) is 64.5 Å². The fraction of sp³-hybridized carbons (Fsp3) is 0.780. The molecular weight excluding hydrogens is 1000 g/mol. The first-order chi connectivity index (χ1) is 37.0. The Hall–Kier alpha value is -4.37. The minimum atomic E-state index is -2.54. The van der Waals surface area contributed by atoms with E-state index in [2.05, 4.69) is 0 Å². The average molecular weight is 1100 g/mol. The molecule has 0 radical (unpaired) electrons. The fourth-order valence-electron chi connectivity index (χ4n) is 13.5. The number of hydrogen-bond donors (Lipinski definition) is 3. The molecule has 1 aromatic rings. The number of fused-ring (bicyclic) bond motifs is 15. The van der Waals surface area contributed by atoms with E-state index in [1.807, 2.05) is 39.0 Å². The lowest BCUT2D eigenvalue weighted by atomic mass is 9.78. The number of methoxy groups -OCH3 is 3. The van der Waals surface area contributed by atoms with Crippen molar-refractivity contribution in [2.75, 3.05) is 27.9 Å². The van der Waals surface area contributed by atoms with E-state index in [-0.39, 0.29) is 73.7 Å². The van der Waals surface area contributed by atoms with E-state index in [9.17, 15) is 48.9 Å². The van der Waals surface area contributed by atoms with Crippen LogP contribution in [0, 0.1) is 35.5 Å². The molecule has 2 saturated carbocycles. The largest absolute Gasteiger partial charge is 0.460 e. The number of carbonyl (C=O) groups excluding carboxylic acids is 5. The van der Waals surface area contributed by atoms with Crippen LogP contribution >= 0.6 is 0 Å². The van der Waals surface area contributed by atoms with Crippen molar-refractivity contribution in [1.29, 1.82) is 0 Å². The molecule has 0 spiro atoms. The summed E-state index contributed by atoms with van der Waals surface area (Å²) in [7, 11) is 4.42. The van der Waals surface area contributed by atoms with E-state index >= 15 is 0 Å². The van der Waals surface area contributed by atoms with Crippen molar-refractivity contribution in [3.05, 3.63) is 56.4 Å². The third kappa shape index (κ3) is 13.2. The maximum atomic E-state index is 14.7. The molecule has 6 heterocycles. The van der Waals surface area contributed by atoms with E-state index < -0.39 is 107 Å². The van der Waals surface area contributed by atoms with Crippen LogP contribution in [-0.4, -0.2) is 146 Å². The molecule has 2 aliphatic carbocycles. The SMILES string of the molecule is CO[C@H]1C[C@@H]2CC[C@@H](C)[C@@](O)(O2)C(=O)C(=O)N2CCCC[C@H]2C(=O)O[C@H]([C@H](C)C[C@@H]2CC[C@@H](O)[C@H](OC)C2)CC(=O)[C@H](C)/C=C(\C)[C@@H](O)[C@@H](OC)C(=O)[C@H](C)C[C@H](C)C2C=CC(C=C1C)n1c(=O)n(C3CCCCC3)c(=O)n12. The number of amides is 1. The number of nitrogens with zero attached hydrogens (tertiary/aromatic N) is 4. The van der Waals surface area contributed by atoms with Crippen LogP contribution in [0.3, 0.4) is 0 Å². The summed E-state index contributed by atoms with van der Waals surface area (Å²) in [4.78, 5) is 103. The molecule has 7 aliphatic rings. The number of esters is 1. The number of ketones is 3. The first kappa shape index (κ1) is 61.3.